The van der Waals surface area contributed by atoms with Crippen molar-refractivity contribution < 1.29 is 9.84 Å². The summed E-state index contributed by atoms with van der Waals surface area (Å²) in [5.74, 6) is 2.36. The number of fused-ring (bicyclic) bond motifs is 5. The van der Waals surface area contributed by atoms with Crippen LogP contribution in [0.15, 0.2) is 11.6 Å². The van der Waals surface area contributed by atoms with Gasteiger partial charge in [-0.2, -0.15) is 0 Å². The van der Waals surface area contributed by atoms with Crippen molar-refractivity contribution in [2.75, 3.05) is 0 Å². The maximum atomic E-state index is 11.0. The van der Waals surface area contributed by atoms with Gasteiger partial charge in [-0.15, -0.1) is 0 Å². The Hall–Kier alpha value is -0.340. The number of ether oxygens (including phenoxy) is 1. The van der Waals surface area contributed by atoms with Gasteiger partial charge in [0.05, 0.1) is 17.8 Å². The molecule has 3 fully saturated rings. The fourth-order valence-corrected chi connectivity index (χ4v) is 7.40. The summed E-state index contributed by atoms with van der Waals surface area (Å²) in [4.78, 5) is 0. The smallest absolute Gasteiger partial charge is 0.0762 e. The van der Waals surface area contributed by atoms with Crippen LogP contribution in [0.1, 0.15) is 86.0 Å². The van der Waals surface area contributed by atoms with Gasteiger partial charge in [0.1, 0.15) is 0 Å². The summed E-state index contributed by atoms with van der Waals surface area (Å²) in [6, 6.07) is 0. The molecule has 7 atom stereocenters. The summed E-state index contributed by atoms with van der Waals surface area (Å²) in [7, 11) is 0. The molecule has 0 aromatic heterocycles. The molecule has 2 nitrogen and oxygen atoms in total. The lowest BCUT2D eigenvalue weighted by molar-refractivity contribution is -0.120. The fraction of sp³-hybridized carbons (Fsp3) is 0.913. The lowest BCUT2D eigenvalue weighted by Gasteiger charge is -2.59. The van der Waals surface area contributed by atoms with E-state index in [0.29, 0.717) is 17.6 Å². The average Bonchev–Trinajstić information content (AvgIpc) is 2.77. The third-order valence-corrected chi connectivity index (χ3v) is 9.08. The monoisotopic (exact) mass is 346 g/mol. The first-order valence-corrected chi connectivity index (χ1v) is 10.8. The Balaban J connectivity index is 1.60. The van der Waals surface area contributed by atoms with Crippen molar-refractivity contribution in [3.8, 4) is 0 Å². The Morgan fingerprint density at radius 2 is 1.72 bits per heavy atom. The van der Waals surface area contributed by atoms with E-state index in [1.165, 1.54) is 44.9 Å². The minimum atomic E-state index is -0.456. The molecule has 142 valence electrons. The molecule has 0 aromatic carbocycles. The molecule has 2 heteroatoms. The molecule has 0 radical (unpaired) electrons. The number of aliphatic hydroxyl groups is 1. The fourth-order valence-electron chi connectivity index (χ4n) is 7.40. The van der Waals surface area contributed by atoms with Crippen LogP contribution in [-0.4, -0.2) is 22.9 Å². The normalized spacial score (nSPS) is 52.4. The summed E-state index contributed by atoms with van der Waals surface area (Å²) in [5.41, 5.74) is 1.76. The molecule has 2 unspecified atom stereocenters. The highest BCUT2D eigenvalue weighted by Gasteiger charge is 2.62. The molecular formula is C23H38O2. The van der Waals surface area contributed by atoms with Crippen molar-refractivity contribution in [3.05, 3.63) is 11.6 Å². The zero-order valence-corrected chi connectivity index (χ0v) is 17.0. The summed E-state index contributed by atoms with van der Waals surface area (Å²) < 4.78 is 6.12. The first kappa shape index (κ1) is 18.0. The first-order chi connectivity index (χ1) is 11.7. The van der Waals surface area contributed by atoms with Crippen LogP contribution < -0.4 is 0 Å². The maximum Gasteiger partial charge on any atom is 0.0762 e. The zero-order chi connectivity index (χ0) is 18.0. The average molecular weight is 347 g/mol. The van der Waals surface area contributed by atoms with E-state index in [9.17, 15) is 5.11 Å². The number of hydrogen-bond donors (Lipinski definition) is 1. The Morgan fingerprint density at radius 1 is 1.00 bits per heavy atom. The Morgan fingerprint density at radius 3 is 2.44 bits per heavy atom. The van der Waals surface area contributed by atoms with Gasteiger partial charge in [-0.25, -0.2) is 0 Å². The second kappa shape index (κ2) is 5.83. The highest BCUT2D eigenvalue weighted by atomic mass is 16.5. The lowest BCUT2D eigenvalue weighted by Crippen LogP contribution is -2.54. The van der Waals surface area contributed by atoms with Crippen molar-refractivity contribution in [1.82, 2.24) is 0 Å². The lowest BCUT2D eigenvalue weighted by atomic mass is 9.46. The predicted octanol–water partition coefficient (Wildman–Crippen LogP) is 5.49. The summed E-state index contributed by atoms with van der Waals surface area (Å²) >= 11 is 0. The van der Waals surface area contributed by atoms with Crippen LogP contribution in [0.25, 0.3) is 0 Å². The Kier molecular flexibility index (Phi) is 4.21. The highest BCUT2D eigenvalue weighted by Crippen LogP contribution is 2.67. The van der Waals surface area contributed by atoms with Crippen LogP contribution in [0.2, 0.25) is 0 Å². The van der Waals surface area contributed by atoms with Gasteiger partial charge in [0, 0.05) is 0 Å². The van der Waals surface area contributed by atoms with Gasteiger partial charge in [0.2, 0.25) is 0 Å². The molecule has 0 saturated heterocycles. The predicted molar refractivity (Wildman–Crippen MR) is 102 cm³/mol. The number of hydrogen-bond acceptors (Lipinski definition) is 2. The Bertz CT molecular complexity index is 562. The van der Waals surface area contributed by atoms with E-state index >= 15 is 0 Å². The van der Waals surface area contributed by atoms with Gasteiger partial charge >= 0.3 is 0 Å². The van der Waals surface area contributed by atoms with E-state index < -0.39 is 5.60 Å². The molecule has 0 heterocycles. The molecule has 0 spiro atoms. The van der Waals surface area contributed by atoms with Gasteiger partial charge in [-0.05, 0) is 101 Å². The minimum absolute atomic E-state index is 0.143. The molecule has 4 rings (SSSR count). The van der Waals surface area contributed by atoms with Crippen LogP contribution in [0.3, 0.4) is 0 Å². The highest BCUT2D eigenvalue weighted by molar-refractivity contribution is 5.26. The van der Waals surface area contributed by atoms with Crippen molar-refractivity contribution in [2.24, 2.45) is 28.6 Å². The molecule has 4 aliphatic rings. The number of allylic oxidation sites excluding steroid dienone is 1. The molecule has 0 aliphatic heterocycles. The van der Waals surface area contributed by atoms with E-state index in [1.54, 1.807) is 5.57 Å². The van der Waals surface area contributed by atoms with Crippen molar-refractivity contribution in [2.45, 2.75) is 104 Å². The maximum absolute atomic E-state index is 11.0. The number of rotatable bonds is 2. The van der Waals surface area contributed by atoms with Crippen molar-refractivity contribution in [1.29, 1.82) is 0 Å². The van der Waals surface area contributed by atoms with Gasteiger partial charge in [-0.1, -0.05) is 25.5 Å². The summed E-state index contributed by atoms with van der Waals surface area (Å²) in [6.45, 7) is 11.4. The van der Waals surface area contributed by atoms with Gasteiger partial charge in [0.25, 0.3) is 0 Å². The third-order valence-electron chi connectivity index (χ3n) is 9.08. The standard InChI is InChI=1S/C23H38O2/c1-15(2)25-17-8-11-21(3)16(14-17)6-7-18-19(21)9-12-22(4)20(18)10-13-23(22,5)24/h14-15,17-20,24H,6-13H2,1-5H3/t17?,18-,19+,20+,21+,22+,23?/m1/s1. The zero-order valence-electron chi connectivity index (χ0n) is 17.0. The SMILES string of the molecule is CC(C)OC1C=C2CC[C@@H]3[C@H](CC[C@@]4(C)[C@H]3CCC4(C)O)[C@@]2(C)CC1. The molecule has 0 bridgehead atoms. The molecule has 4 aliphatic carbocycles. The molecule has 1 N–H and O–H groups in total. The summed E-state index contributed by atoms with van der Waals surface area (Å²) in [6.07, 6.45) is 13.0. The second-order valence-corrected chi connectivity index (χ2v) is 10.6. The topological polar surface area (TPSA) is 29.5 Å². The Labute approximate surface area is 154 Å². The van der Waals surface area contributed by atoms with Gasteiger partial charge in [0.15, 0.2) is 0 Å². The molecule has 3 saturated carbocycles. The van der Waals surface area contributed by atoms with Crippen molar-refractivity contribution >= 4 is 0 Å². The van der Waals surface area contributed by atoms with E-state index in [-0.39, 0.29) is 5.41 Å². The second-order valence-electron chi connectivity index (χ2n) is 10.6. The van der Waals surface area contributed by atoms with Crippen LogP contribution in [-0.2, 0) is 4.74 Å². The largest absolute Gasteiger partial charge is 0.390 e. The molecule has 25 heavy (non-hydrogen) atoms. The van der Waals surface area contributed by atoms with Crippen molar-refractivity contribution in [3.63, 3.8) is 0 Å². The quantitative estimate of drug-likeness (QED) is 0.670. The van der Waals surface area contributed by atoms with E-state index in [0.717, 1.165) is 24.2 Å². The van der Waals surface area contributed by atoms with Gasteiger partial charge in [-0.3, -0.25) is 0 Å². The van der Waals surface area contributed by atoms with Crippen LogP contribution >= 0.6 is 0 Å². The molecular weight excluding hydrogens is 308 g/mol. The van der Waals surface area contributed by atoms with E-state index in [4.69, 9.17) is 4.74 Å². The molecule has 0 aromatic rings. The molecule has 0 amide bonds. The first-order valence-electron chi connectivity index (χ1n) is 10.8. The minimum Gasteiger partial charge on any atom is -0.390 e. The van der Waals surface area contributed by atoms with Crippen LogP contribution in [0.4, 0.5) is 0 Å². The third kappa shape index (κ3) is 2.57. The van der Waals surface area contributed by atoms with E-state index in [1.807, 2.05) is 0 Å². The van der Waals surface area contributed by atoms with Gasteiger partial charge < -0.3 is 9.84 Å². The van der Waals surface area contributed by atoms with Crippen LogP contribution in [0.5, 0.6) is 0 Å². The van der Waals surface area contributed by atoms with E-state index in [2.05, 4.69) is 40.7 Å². The summed E-state index contributed by atoms with van der Waals surface area (Å²) in [5, 5.41) is 11.0. The van der Waals surface area contributed by atoms with Crippen LogP contribution in [0, 0.1) is 28.6 Å².